The molecule has 2 aliphatic rings. The first-order valence-corrected chi connectivity index (χ1v) is 13.0. The Morgan fingerprint density at radius 2 is 1.49 bits per heavy atom. The molecule has 1 atom stereocenters. The minimum absolute atomic E-state index is 0.0552. The Morgan fingerprint density at radius 3 is 2.08 bits per heavy atom. The van der Waals surface area contributed by atoms with Gasteiger partial charge in [-0.25, -0.2) is 18.0 Å². The second kappa shape index (κ2) is 10.5. The average molecular weight is 555 g/mol. The summed E-state index contributed by atoms with van der Waals surface area (Å²) in [5.74, 6) is -16.4. The van der Waals surface area contributed by atoms with Crippen molar-refractivity contribution in [3.8, 4) is 16.9 Å². The molecule has 0 saturated carbocycles. The summed E-state index contributed by atoms with van der Waals surface area (Å²) in [5, 5.41) is 0. The molecule has 1 unspecified atom stereocenters. The van der Waals surface area contributed by atoms with Crippen LogP contribution >= 0.6 is 0 Å². The van der Waals surface area contributed by atoms with E-state index in [4.69, 9.17) is 4.74 Å². The predicted molar refractivity (Wildman–Crippen MR) is 133 cm³/mol. The molecule has 0 N–H and O–H groups in total. The number of alkyl halides is 4. The van der Waals surface area contributed by atoms with Gasteiger partial charge < -0.3 is 4.74 Å². The first-order chi connectivity index (χ1) is 18.3. The summed E-state index contributed by atoms with van der Waals surface area (Å²) in [5.41, 5.74) is -5.61. The van der Waals surface area contributed by atoms with Crippen LogP contribution in [0.15, 0.2) is 47.8 Å². The van der Waals surface area contributed by atoms with Crippen molar-refractivity contribution in [1.82, 2.24) is 0 Å². The first-order valence-electron chi connectivity index (χ1n) is 13.0. The highest BCUT2D eigenvalue weighted by atomic mass is 19.3. The highest BCUT2D eigenvalue weighted by Crippen LogP contribution is 2.60. The molecule has 0 spiro atoms. The van der Waals surface area contributed by atoms with Gasteiger partial charge in [-0.1, -0.05) is 64.7 Å². The van der Waals surface area contributed by atoms with Crippen LogP contribution in [0.25, 0.3) is 11.1 Å². The highest BCUT2D eigenvalue weighted by Gasteiger charge is 2.65. The molecule has 39 heavy (non-hydrogen) atoms. The average Bonchev–Trinajstić information content (AvgIpc) is 2.87. The van der Waals surface area contributed by atoms with Crippen LogP contribution in [0, 0.1) is 17.0 Å². The van der Waals surface area contributed by atoms with E-state index in [2.05, 4.69) is 0 Å². The monoisotopic (exact) mass is 554 g/mol. The summed E-state index contributed by atoms with van der Waals surface area (Å²) in [6.07, 6.45) is 6.20. The van der Waals surface area contributed by atoms with Gasteiger partial charge >= 0.3 is 17.8 Å². The van der Waals surface area contributed by atoms with Crippen LogP contribution in [-0.4, -0.2) is 5.97 Å². The van der Waals surface area contributed by atoms with Crippen LogP contribution in [0.2, 0.25) is 0 Å². The topological polar surface area (TPSA) is 26.3 Å². The Morgan fingerprint density at radius 1 is 0.872 bits per heavy atom. The van der Waals surface area contributed by atoms with Gasteiger partial charge in [0.05, 0.1) is 16.7 Å². The van der Waals surface area contributed by atoms with E-state index in [1.165, 1.54) is 12.1 Å². The third-order valence-corrected chi connectivity index (χ3v) is 7.56. The molecule has 4 rings (SSSR count). The molecule has 0 fully saturated rings. The van der Waals surface area contributed by atoms with Crippen LogP contribution in [0.4, 0.5) is 30.7 Å². The molecule has 0 aromatic heterocycles. The largest absolute Gasteiger partial charge is 0.420 e. The fourth-order valence-corrected chi connectivity index (χ4v) is 5.18. The number of ether oxygens (including phenoxy) is 1. The molecular weight excluding hydrogens is 525 g/mol. The summed E-state index contributed by atoms with van der Waals surface area (Å²) in [4.78, 5) is 12.7. The fraction of sp³-hybridized carbons (Fsp3) is 0.433. The normalized spacial score (nSPS) is 21.0. The molecule has 2 aromatic carbocycles. The molecule has 2 aliphatic carbocycles. The van der Waals surface area contributed by atoms with Crippen molar-refractivity contribution >= 4 is 5.97 Å². The van der Waals surface area contributed by atoms with Crippen LogP contribution < -0.4 is 4.74 Å². The van der Waals surface area contributed by atoms with Gasteiger partial charge in [-0.3, -0.25) is 0 Å². The molecule has 0 aliphatic heterocycles. The van der Waals surface area contributed by atoms with Crippen molar-refractivity contribution in [3.05, 3.63) is 76.1 Å². The van der Waals surface area contributed by atoms with Crippen LogP contribution in [-0.2, 0) is 23.1 Å². The van der Waals surface area contributed by atoms with E-state index in [-0.39, 0.29) is 24.0 Å². The number of aryl methyl sites for hydroxylation is 1. The zero-order valence-electron chi connectivity index (χ0n) is 21.9. The van der Waals surface area contributed by atoms with Gasteiger partial charge in [0.2, 0.25) is 0 Å². The number of fused-ring (bicyclic) bond motifs is 3. The number of rotatable bonds is 8. The van der Waals surface area contributed by atoms with Crippen LogP contribution in [0.5, 0.6) is 5.75 Å². The quantitative estimate of drug-likeness (QED) is 0.141. The molecule has 0 radical (unpaired) electrons. The molecule has 0 saturated heterocycles. The standard InChI is InChI=1S/C30H29F7O2/c1-4-6-7-14-28(3)15-13-18(16-22(28)31)27(38)39-21-12-11-20-19-10-9-17(8-5-2)25(32)23(19)29(34,35)30(36,37)24(20)26(21)33/h9-13,16H,4-8,14-15H2,1-3H3. The van der Waals surface area contributed by atoms with Crippen molar-refractivity contribution in [1.29, 1.82) is 0 Å². The summed E-state index contributed by atoms with van der Waals surface area (Å²) in [7, 11) is 0. The van der Waals surface area contributed by atoms with Gasteiger partial charge in [0.1, 0.15) is 11.6 Å². The van der Waals surface area contributed by atoms with Crippen molar-refractivity contribution in [2.45, 2.75) is 77.6 Å². The lowest BCUT2D eigenvalue weighted by molar-refractivity contribution is -0.228. The molecule has 0 amide bonds. The lowest BCUT2D eigenvalue weighted by Gasteiger charge is -2.35. The molecule has 9 heteroatoms. The van der Waals surface area contributed by atoms with E-state index in [0.717, 1.165) is 43.5 Å². The number of carbonyl (C=O) groups is 1. The maximum Gasteiger partial charge on any atom is 0.343 e. The maximum atomic E-state index is 15.4. The van der Waals surface area contributed by atoms with Crippen LogP contribution in [0.1, 0.15) is 76.0 Å². The maximum absolute atomic E-state index is 15.4. The second-order valence-electron chi connectivity index (χ2n) is 10.4. The Kier molecular flexibility index (Phi) is 7.76. The zero-order valence-corrected chi connectivity index (χ0v) is 21.9. The van der Waals surface area contributed by atoms with Gasteiger partial charge in [0, 0.05) is 5.41 Å². The third kappa shape index (κ3) is 4.78. The Hall–Kier alpha value is -3.10. The van der Waals surface area contributed by atoms with Gasteiger partial charge in [-0.2, -0.15) is 17.6 Å². The number of unbranched alkanes of at least 4 members (excludes halogenated alkanes) is 2. The molecule has 0 heterocycles. The highest BCUT2D eigenvalue weighted by molar-refractivity contribution is 5.93. The number of hydrogen-bond acceptors (Lipinski definition) is 2. The van der Waals surface area contributed by atoms with Gasteiger partial charge in [0.25, 0.3) is 0 Å². The second-order valence-corrected chi connectivity index (χ2v) is 10.4. The summed E-state index contributed by atoms with van der Waals surface area (Å²) >= 11 is 0. The number of benzene rings is 2. The number of carbonyl (C=O) groups excluding carboxylic acids is 1. The zero-order chi connectivity index (χ0) is 28.8. The Bertz CT molecular complexity index is 1360. The number of allylic oxidation sites excluding steroid dienone is 2. The summed E-state index contributed by atoms with van der Waals surface area (Å²) in [6.45, 7) is 5.41. The van der Waals surface area contributed by atoms with Gasteiger partial charge in [-0.15, -0.1) is 0 Å². The minimum Gasteiger partial charge on any atom is -0.420 e. The predicted octanol–water partition coefficient (Wildman–Crippen LogP) is 9.46. The van der Waals surface area contributed by atoms with Crippen molar-refractivity contribution in [2.75, 3.05) is 0 Å². The van der Waals surface area contributed by atoms with Gasteiger partial charge in [-0.05, 0) is 54.2 Å². The van der Waals surface area contributed by atoms with E-state index < -0.39 is 68.7 Å². The Balaban J connectivity index is 1.69. The molecule has 0 bridgehead atoms. The molecule has 210 valence electrons. The lowest BCUT2D eigenvalue weighted by Crippen LogP contribution is -2.41. The molecule has 2 nitrogen and oxygen atoms in total. The smallest absolute Gasteiger partial charge is 0.343 e. The SMILES string of the molecule is CCCCCC1(C)CC=C(C(=O)Oc2ccc3c(c2F)C(F)(F)C(F)(F)c2c-3ccc(CCC)c2F)C=C1F. The molecular formula is C30H29F7O2. The number of halogens is 7. The van der Waals surface area contributed by atoms with Crippen molar-refractivity contribution in [3.63, 3.8) is 0 Å². The molecule has 2 aromatic rings. The minimum atomic E-state index is -5.15. The summed E-state index contributed by atoms with van der Waals surface area (Å²) < 4.78 is 111. The first kappa shape index (κ1) is 28.9. The number of hydrogen-bond donors (Lipinski definition) is 0. The number of esters is 1. The lowest BCUT2D eigenvalue weighted by atomic mass is 9.76. The van der Waals surface area contributed by atoms with Crippen molar-refractivity contribution < 1.29 is 40.3 Å². The van der Waals surface area contributed by atoms with E-state index >= 15 is 22.0 Å². The fourth-order valence-electron chi connectivity index (χ4n) is 5.18. The van der Waals surface area contributed by atoms with Crippen molar-refractivity contribution in [2.24, 2.45) is 5.41 Å². The third-order valence-electron chi connectivity index (χ3n) is 7.56. The Labute approximate surface area is 222 Å². The van der Waals surface area contributed by atoms with E-state index in [0.29, 0.717) is 12.8 Å². The van der Waals surface area contributed by atoms with Gasteiger partial charge in [0.15, 0.2) is 11.6 Å². The van der Waals surface area contributed by atoms with E-state index in [1.807, 2.05) is 6.92 Å². The van der Waals surface area contributed by atoms with E-state index in [9.17, 15) is 13.6 Å². The van der Waals surface area contributed by atoms with E-state index in [1.54, 1.807) is 13.8 Å². The summed E-state index contributed by atoms with van der Waals surface area (Å²) in [6, 6.07) is 4.00. The van der Waals surface area contributed by atoms with Crippen LogP contribution in [0.3, 0.4) is 0 Å².